The first-order valence-electron chi connectivity index (χ1n) is 13.1. The Labute approximate surface area is 260 Å². The number of nitrogens with two attached hydrogens (primary N) is 1. The molecular formula is C25H29Cl3N8O7. The molecule has 1 aromatic rings. The molecule has 4 amide bonds. The minimum Gasteiger partial charge on any atom is -0.445 e. The highest BCUT2D eigenvalue weighted by atomic mass is 35.6. The summed E-state index contributed by atoms with van der Waals surface area (Å²) in [5, 5.41) is 34.6. The number of amides is 4. The zero-order valence-corrected chi connectivity index (χ0v) is 25.0. The number of nitrogens with one attached hydrogen (secondary N) is 4. The molecule has 43 heavy (non-hydrogen) atoms. The highest BCUT2D eigenvalue weighted by molar-refractivity contribution is 6.67. The molecule has 18 heteroatoms. The maximum atomic E-state index is 13.2. The number of aliphatic hydroxyl groups is 2. The highest BCUT2D eigenvalue weighted by Gasteiger charge is 2.74. The fraction of sp³-hybridized carbons (Fsp3) is 0.480. The number of hydrogen-bond donors (Lipinski definition) is 7. The summed E-state index contributed by atoms with van der Waals surface area (Å²) in [6.07, 6.45) is -1.05. The van der Waals surface area contributed by atoms with Gasteiger partial charge in [-0.1, -0.05) is 41.4 Å². The van der Waals surface area contributed by atoms with Gasteiger partial charge in [0.25, 0.3) is 5.91 Å². The second kappa shape index (κ2) is 10.9. The number of rotatable bonds is 5. The Morgan fingerprint density at radius 1 is 1.26 bits per heavy atom. The summed E-state index contributed by atoms with van der Waals surface area (Å²) in [6.45, 7) is 4.42. The molecule has 4 aliphatic heterocycles. The molecule has 4 heterocycles. The van der Waals surface area contributed by atoms with E-state index in [4.69, 9.17) is 45.3 Å². The second-order valence-corrected chi connectivity index (χ2v) is 13.2. The molecule has 3 fully saturated rings. The molecule has 0 aromatic heterocycles. The van der Waals surface area contributed by atoms with Crippen molar-refractivity contribution < 1.29 is 34.1 Å². The Kier molecular flexibility index (Phi) is 7.84. The molecule has 0 aliphatic carbocycles. The monoisotopic (exact) mass is 658 g/mol. The van der Waals surface area contributed by atoms with Gasteiger partial charge in [0.05, 0.1) is 24.4 Å². The van der Waals surface area contributed by atoms with Crippen LogP contribution in [0.1, 0.15) is 28.8 Å². The molecule has 4 aliphatic rings. The van der Waals surface area contributed by atoms with Gasteiger partial charge in [0.2, 0.25) is 27.4 Å². The average Bonchev–Trinajstić information content (AvgIpc) is 3.51. The number of hydrogen-bond acceptors (Lipinski definition) is 12. The molecule has 0 saturated carbocycles. The Morgan fingerprint density at radius 2 is 1.93 bits per heavy atom. The molecule has 0 unspecified atom stereocenters. The molecule has 5 rings (SSSR count). The van der Waals surface area contributed by atoms with Crippen LogP contribution in [0.2, 0.25) is 0 Å². The molecule has 1 aromatic carbocycles. The Hall–Kier alpha value is -3.50. The molecule has 232 valence electrons. The fourth-order valence-corrected chi connectivity index (χ4v) is 5.94. The first kappa shape index (κ1) is 30.9. The van der Waals surface area contributed by atoms with Crippen LogP contribution in [0.25, 0.3) is 0 Å². The zero-order valence-electron chi connectivity index (χ0n) is 22.7. The Balaban J connectivity index is 1.51. The number of benzene rings is 1. The lowest BCUT2D eigenvalue weighted by Crippen LogP contribution is -2.78. The summed E-state index contributed by atoms with van der Waals surface area (Å²) in [5.41, 5.74) is 5.29. The van der Waals surface area contributed by atoms with E-state index < -0.39 is 63.8 Å². The van der Waals surface area contributed by atoms with Gasteiger partial charge in [0, 0.05) is 30.6 Å². The number of halogens is 3. The molecule has 3 saturated heterocycles. The van der Waals surface area contributed by atoms with Crippen LogP contribution in [0.15, 0.2) is 35.6 Å². The molecule has 15 nitrogen and oxygen atoms in total. The SMILES string of the molecule is C=C1N[C@H]2[C@H](CN3C(=O)CCC3=O)N=C(NC(=O)OCC(Cl)(Cl)Cl)N3C[C@H](NC(=O)c4ccc(N)c(C)c4)C(O)(O)[C@]23N1. The van der Waals surface area contributed by atoms with Crippen molar-refractivity contribution in [2.45, 2.75) is 53.1 Å². The van der Waals surface area contributed by atoms with E-state index in [9.17, 15) is 29.4 Å². The molecular weight excluding hydrogens is 631 g/mol. The number of aliphatic imine (C=N–C) groups is 1. The van der Waals surface area contributed by atoms with Gasteiger partial charge >= 0.3 is 6.09 Å². The van der Waals surface area contributed by atoms with Crippen molar-refractivity contribution in [1.29, 1.82) is 0 Å². The Morgan fingerprint density at radius 3 is 2.56 bits per heavy atom. The van der Waals surface area contributed by atoms with E-state index in [2.05, 4.69) is 32.8 Å². The van der Waals surface area contributed by atoms with Crippen molar-refractivity contribution >= 4 is 70.3 Å². The van der Waals surface area contributed by atoms with Crippen LogP contribution in [0, 0.1) is 6.92 Å². The molecule has 1 spiro atoms. The smallest absolute Gasteiger partial charge is 0.414 e. The van der Waals surface area contributed by atoms with Crippen LogP contribution in [-0.4, -0.2) is 103 Å². The highest BCUT2D eigenvalue weighted by Crippen LogP contribution is 2.45. The number of guanidine groups is 1. The first-order valence-corrected chi connectivity index (χ1v) is 14.2. The van der Waals surface area contributed by atoms with Crippen molar-refractivity contribution in [2.75, 3.05) is 25.4 Å². The third kappa shape index (κ3) is 5.51. The first-order chi connectivity index (χ1) is 20.0. The lowest BCUT2D eigenvalue weighted by molar-refractivity contribution is -0.231. The summed E-state index contributed by atoms with van der Waals surface area (Å²) < 4.78 is 3.07. The zero-order chi connectivity index (χ0) is 31.5. The summed E-state index contributed by atoms with van der Waals surface area (Å²) in [5.74, 6) is -4.31. The number of alkyl carbamates (subject to hydrolysis) is 1. The van der Waals surface area contributed by atoms with Gasteiger partial charge in [-0.05, 0) is 30.7 Å². The number of carbonyl (C=O) groups excluding carboxylic acids is 4. The normalized spacial score (nSPS) is 27.6. The summed E-state index contributed by atoms with van der Waals surface area (Å²) >= 11 is 17.1. The minimum atomic E-state index is -2.76. The predicted octanol–water partition coefficient (Wildman–Crippen LogP) is -0.615. The lowest BCUT2D eigenvalue weighted by Gasteiger charge is -2.49. The van der Waals surface area contributed by atoms with E-state index in [0.29, 0.717) is 11.3 Å². The van der Waals surface area contributed by atoms with Crippen molar-refractivity contribution in [3.63, 3.8) is 0 Å². The maximum Gasteiger partial charge on any atom is 0.414 e. The van der Waals surface area contributed by atoms with E-state index in [1.54, 1.807) is 19.1 Å². The van der Waals surface area contributed by atoms with Gasteiger partial charge < -0.3 is 41.5 Å². The fourth-order valence-electron chi connectivity index (χ4n) is 5.78. The second-order valence-electron chi connectivity index (χ2n) is 10.7. The topological polar surface area (TPSA) is 211 Å². The number of anilines is 1. The Bertz CT molecular complexity index is 1420. The van der Waals surface area contributed by atoms with Crippen LogP contribution >= 0.6 is 34.8 Å². The molecule has 8 N–H and O–H groups in total. The van der Waals surface area contributed by atoms with Crippen molar-refractivity contribution in [3.05, 3.63) is 41.7 Å². The van der Waals surface area contributed by atoms with Gasteiger partial charge in [-0.25, -0.2) is 9.79 Å². The predicted molar refractivity (Wildman–Crippen MR) is 155 cm³/mol. The third-order valence-corrected chi connectivity index (χ3v) is 8.16. The number of nitrogens with zero attached hydrogens (tertiary/aromatic N) is 3. The average molecular weight is 660 g/mol. The van der Waals surface area contributed by atoms with Crippen LogP contribution in [0.5, 0.6) is 0 Å². The number of aryl methyl sites for hydroxylation is 1. The van der Waals surface area contributed by atoms with Gasteiger partial charge in [-0.2, -0.15) is 0 Å². The summed E-state index contributed by atoms with van der Waals surface area (Å²) in [6, 6.07) is 1.15. The number of imide groups is 1. The van der Waals surface area contributed by atoms with E-state index in [0.717, 1.165) is 4.90 Å². The summed E-state index contributed by atoms with van der Waals surface area (Å²) in [4.78, 5) is 57.8. The maximum absolute atomic E-state index is 13.2. The minimum absolute atomic E-state index is 0.0205. The quantitative estimate of drug-likeness (QED) is 0.0917. The van der Waals surface area contributed by atoms with Crippen LogP contribution in [0.4, 0.5) is 10.5 Å². The number of carbonyl (C=O) groups is 4. The van der Waals surface area contributed by atoms with Gasteiger partial charge in [-0.3, -0.25) is 24.6 Å². The van der Waals surface area contributed by atoms with Gasteiger partial charge in [0.15, 0.2) is 5.66 Å². The summed E-state index contributed by atoms with van der Waals surface area (Å²) in [7, 11) is 0. The number of nitrogen functional groups attached to an aromatic ring is 1. The van der Waals surface area contributed by atoms with Crippen LogP contribution in [-0.2, 0) is 14.3 Å². The van der Waals surface area contributed by atoms with Crippen molar-refractivity contribution in [2.24, 2.45) is 4.99 Å². The van der Waals surface area contributed by atoms with Gasteiger partial charge in [-0.15, -0.1) is 0 Å². The number of likely N-dealkylation sites (tertiary alicyclic amines) is 1. The lowest BCUT2D eigenvalue weighted by atomic mass is 9.85. The third-order valence-electron chi connectivity index (χ3n) is 7.83. The molecule has 4 atom stereocenters. The van der Waals surface area contributed by atoms with E-state index >= 15 is 0 Å². The van der Waals surface area contributed by atoms with E-state index in [1.165, 1.54) is 11.0 Å². The number of alkyl halides is 3. The van der Waals surface area contributed by atoms with E-state index in [-0.39, 0.29) is 43.3 Å². The van der Waals surface area contributed by atoms with Gasteiger partial charge in [0.1, 0.15) is 12.6 Å². The van der Waals surface area contributed by atoms with Crippen LogP contribution < -0.4 is 27.0 Å². The largest absolute Gasteiger partial charge is 0.445 e. The molecule has 0 bridgehead atoms. The standard InChI is InChI=1S/C25H29Cl3N8O7/c1-11-7-13(3-4-14(11)29)20(39)32-16-9-36-21(33-22(40)43-10-23(26,27)28)31-15(8-35-17(37)5-6-18(35)38)19-24(36,25(16,41)42)34-12(2)30-19/h3-4,7,15-16,19,30,34,41-42H,2,5-6,8-10,29H2,1H3,(H,32,39)(H,31,33,40)/t15-,16-,19-,24-/m0/s1. The number of ether oxygens (including phenoxy) is 1. The van der Waals surface area contributed by atoms with Crippen molar-refractivity contribution in [3.8, 4) is 0 Å². The van der Waals surface area contributed by atoms with E-state index in [1.807, 2.05) is 0 Å². The van der Waals surface area contributed by atoms with Crippen molar-refractivity contribution in [1.82, 2.24) is 31.1 Å². The van der Waals surface area contributed by atoms with Crippen LogP contribution in [0.3, 0.4) is 0 Å². The molecule has 0 radical (unpaired) electrons.